The molecule has 1 aliphatic carbocycles. The number of ether oxygens (including phenoxy) is 4. The highest BCUT2D eigenvalue weighted by molar-refractivity contribution is 6.04. The Morgan fingerprint density at radius 1 is 1.03 bits per heavy atom. The molecule has 1 N–H and O–H groups in total. The van der Waals surface area contributed by atoms with Gasteiger partial charge >= 0.3 is 5.97 Å². The van der Waals surface area contributed by atoms with Gasteiger partial charge in [-0.05, 0) is 49.9 Å². The van der Waals surface area contributed by atoms with Crippen LogP contribution in [0.1, 0.15) is 49.7 Å². The van der Waals surface area contributed by atoms with Crippen molar-refractivity contribution in [2.75, 3.05) is 34.0 Å². The van der Waals surface area contributed by atoms with E-state index in [2.05, 4.69) is 17.4 Å². The van der Waals surface area contributed by atoms with Gasteiger partial charge in [-0.2, -0.15) is 0 Å². The standard InChI is InChI=1S/C29H33NO6/c1-5-35-13-14-36-29(32)26-18(2)30-23-15-20(19-9-7-6-8-10-19)16-24(31)28(23)27(26)22-17-21(33-3)11-12-25(22)34-4/h6-12,17,20,27,30H,5,13-16H2,1-4H3/t20-,27-/m0/s1. The molecule has 0 saturated carbocycles. The van der Waals surface area contributed by atoms with Crippen molar-refractivity contribution in [1.29, 1.82) is 0 Å². The van der Waals surface area contributed by atoms with E-state index in [0.29, 0.717) is 60.0 Å². The van der Waals surface area contributed by atoms with Gasteiger partial charge in [-0.3, -0.25) is 4.79 Å². The topological polar surface area (TPSA) is 83.1 Å². The Balaban J connectivity index is 1.79. The van der Waals surface area contributed by atoms with E-state index in [-0.39, 0.29) is 18.3 Å². The summed E-state index contributed by atoms with van der Waals surface area (Å²) in [6.07, 6.45) is 1.02. The highest BCUT2D eigenvalue weighted by Gasteiger charge is 2.42. The predicted octanol–water partition coefficient (Wildman–Crippen LogP) is 4.65. The van der Waals surface area contributed by atoms with Gasteiger partial charge in [-0.15, -0.1) is 0 Å². The normalized spacial score (nSPS) is 19.5. The lowest BCUT2D eigenvalue weighted by Crippen LogP contribution is -2.36. The summed E-state index contributed by atoms with van der Waals surface area (Å²) in [5, 5.41) is 3.38. The Labute approximate surface area is 212 Å². The number of methoxy groups -OCH3 is 2. The monoisotopic (exact) mass is 491 g/mol. The van der Waals surface area contributed by atoms with Crippen LogP contribution in [-0.2, 0) is 19.1 Å². The zero-order valence-corrected chi connectivity index (χ0v) is 21.3. The third kappa shape index (κ3) is 5.16. The lowest BCUT2D eigenvalue weighted by molar-refractivity contribution is -0.140. The fourth-order valence-corrected chi connectivity index (χ4v) is 5.06. The van der Waals surface area contributed by atoms with Crippen molar-refractivity contribution in [3.05, 3.63) is 82.2 Å². The number of nitrogens with one attached hydrogen (secondary N) is 1. The number of ketones is 1. The third-order valence-electron chi connectivity index (χ3n) is 6.73. The molecule has 0 fully saturated rings. The second-order valence-corrected chi connectivity index (χ2v) is 8.87. The van der Waals surface area contributed by atoms with Crippen LogP contribution >= 0.6 is 0 Å². The van der Waals surface area contributed by atoms with Crippen LogP contribution in [0.4, 0.5) is 0 Å². The number of allylic oxidation sites excluding steroid dienone is 3. The summed E-state index contributed by atoms with van der Waals surface area (Å²) in [4.78, 5) is 27.2. The van der Waals surface area contributed by atoms with E-state index in [4.69, 9.17) is 18.9 Å². The van der Waals surface area contributed by atoms with E-state index >= 15 is 0 Å². The molecule has 7 nitrogen and oxygen atoms in total. The molecule has 1 aliphatic heterocycles. The van der Waals surface area contributed by atoms with Crippen LogP contribution in [0.5, 0.6) is 11.5 Å². The Bertz CT molecular complexity index is 1180. The first-order chi connectivity index (χ1) is 17.5. The number of rotatable bonds is 9. The second-order valence-electron chi connectivity index (χ2n) is 8.87. The molecule has 2 aliphatic rings. The van der Waals surface area contributed by atoms with Gasteiger partial charge in [-0.1, -0.05) is 30.3 Å². The van der Waals surface area contributed by atoms with Crippen molar-refractivity contribution in [2.45, 2.75) is 38.5 Å². The van der Waals surface area contributed by atoms with Crippen LogP contribution in [-0.4, -0.2) is 45.8 Å². The zero-order chi connectivity index (χ0) is 25.7. The SMILES string of the molecule is CCOCCOC(=O)C1=C(C)NC2=C(C(=O)C[C@@H](c3ccccc3)C2)[C@H]1c1cc(OC)ccc1OC. The molecule has 0 amide bonds. The van der Waals surface area contributed by atoms with Crippen molar-refractivity contribution < 1.29 is 28.5 Å². The van der Waals surface area contributed by atoms with Crippen LogP contribution in [0, 0.1) is 0 Å². The number of benzene rings is 2. The Morgan fingerprint density at radius 2 is 1.81 bits per heavy atom. The molecule has 2 atom stereocenters. The van der Waals surface area contributed by atoms with Crippen LogP contribution in [0.15, 0.2) is 71.1 Å². The van der Waals surface area contributed by atoms with Crippen LogP contribution in [0.3, 0.4) is 0 Å². The van der Waals surface area contributed by atoms with Gasteiger partial charge in [0, 0.05) is 35.6 Å². The maximum absolute atomic E-state index is 13.8. The van der Waals surface area contributed by atoms with E-state index in [1.165, 1.54) is 0 Å². The van der Waals surface area contributed by atoms with Crippen molar-refractivity contribution in [1.82, 2.24) is 5.32 Å². The summed E-state index contributed by atoms with van der Waals surface area (Å²) < 4.78 is 22.0. The van der Waals surface area contributed by atoms with Crippen molar-refractivity contribution in [3.63, 3.8) is 0 Å². The summed E-state index contributed by atoms with van der Waals surface area (Å²) in [5.41, 5.74) is 4.27. The third-order valence-corrected chi connectivity index (χ3v) is 6.73. The molecular weight excluding hydrogens is 458 g/mol. The molecule has 0 unspecified atom stereocenters. The quantitative estimate of drug-likeness (QED) is 0.404. The maximum atomic E-state index is 13.8. The number of carbonyl (C=O) groups is 2. The smallest absolute Gasteiger partial charge is 0.336 e. The highest BCUT2D eigenvalue weighted by Crippen LogP contribution is 2.48. The van der Waals surface area contributed by atoms with Crippen LogP contribution in [0.25, 0.3) is 0 Å². The summed E-state index contributed by atoms with van der Waals surface area (Å²) in [6, 6.07) is 15.5. The lowest BCUT2D eigenvalue weighted by atomic mass is 9.71. The van der Waals surface area contributed by atoms with E-state index in [1.807, 2.05) is 38.1 Å². The number of hydrogen-bond acceptors (Lipinski definition) is 7. The molecule has 190 valence electrons. The molecular formula is C29H33NO6. The number of dihydropyridines is 1. The second kappa shape index (κ2) is 11.4. The Hall–Kier alpha value is -3.58. The van der Waals surface area contributed by atoms with Crippen LogP contribution in [0.2, 0.25) is 0 Å². The van der Waals surface area contributed by atoms with E-state index in [9.17, 15) is 9.59 Å². The molecule has 0 radical (unpaired) electrons. The molecule has 2 aromatic rings. The molecule has 0 saturated heterocycles. The van der Waals surface area contributed by atoms with E-state index < -0.39 is 11.9 Å². The van der Waals surface area contributed by atoms with Gasteiger partial charge in [0.25, 0.3) is 0 Å². The highest BCUT2D eigenvalue weighted by atomic mass is 16.6. The molecule has 4 rings (SSSR count). The fraction of sp³-hybridized carbons (Fsp3) is 0.379. The molecule has 2 aromatic carbocycles. The number of hydrogen-bond donors (Lipinski definition) is 1. The minimum absolute atomic E-state index is 0.000377. The minimum Gasteiger partial charge on any atom is -0.497 e. The first-order valence-electron chi connectivity index (χ1n) is 12.2. The van der Waals surface area contributed by atoms with Crippen molar-refractivity contribution in [2.24, 2.45) is 0 Å². The largest absolute Gasteiger partial charge is 0.497 e. The van der Waals surface area contributed by atoms with Gasteiger partial charge in [0.2, 0.25) is 0 Å². The first kappa shape index (κ1) is 25.5. The minimum atomic E-state index is -0.643. The molecule has 0 spiro atoms. The molecule has 0 bridgehead atoms. The number of Topliss-reactive ketones (excluding diaryl/α,β-unsaturated/α-hetero) is 1. The summed E-state index contributed by atoms with van der Waals surface area (Å²) in [7, 11) is 3.16. The summed E-state index contributed by atoms with van der Waals surface area (Å²) in [6.45, 7) is 4.70. The molecule has 0 aromatic heterocycles. The molecule has 7 heteroatoms. The van der Waals surface area contributed by atoms with Crippen LogP contribution < -0.4 is 14.8 Å². The van der Waals surface area contributed by atoms with Gasteiger partial charge < -0.3 is 24.3 Å². The molecule has 36 heavy (non-hydrogen) atoms. The number of carbonyl (C=O) groups excluding carboxylic acids is 2. The number of esters is 1. The van der Waals surface area contributed by atoms with Crippen molar-refractivity contribution in [3.8, 4) is 11.5 Å². The average molecular weight is 492 g/mol. The van der Waals surface area contributed by atoms with E-state index in [0.717, 1.165) is 11.3 Å². The van der Waals surface area contributed by atoms with Crippen molar-refractivity contribution >= 4 is 11.8 Å². The average Bonchev–Trinajstić information content (AvgIpc) is 2.90. The summed E-state index contributed by atoms with van der Waals surface area (Å²) in [5.74, 6) is 0.109. The summed E-state index contributed by atoms with van der Waals surface area (Å²) >= 11 is 0. The maximum Gasteiger partial charge on any atom is 0.336 e. The first-order valence-corrected chi connectivity index (χ1v) is 12.2. The molecule has 1 heterocycles. The van der Waals surface area contributed by atoms with Gasteiger partial charge in [0.1, 0.15) is 18.1 Å². The van der Waals surface area contributed by atoms with Gasteiger partial charge in [0.15, 0.2) is 5.78 Å². The predicted molar refractivity (Wildman–Crippen MR) is 136 cm³/mol. The van der Waals surface area contributed by atoms with E-state index in [1.54, 1.807) is 26.4 Å². The lowest BCUT2D eigenvalue weighted by Gasteiger charge is -2.37. The zero-order valence-electron chi connectivity index (χ0n) is 21.3. The van der Waals surface area contributed by atoms with Gasteiger partial charge in [-0.25, -0.2) is 4.79 Å². The van der Waals surface area contributed by atoms with Gasteiger partial charge in [0.05, 0.1) is 32.3 Å². The fourth-order valence-electron chi connectivity index (χ4n) is 5.06. The Kier molecular flexibility index (Phi) is 8.10. The Morgan fingerprint density at radius 3 is 2.50 bits per heavy atom.